The van der Waals surface area contributed by atoms with E-state index in [1.54, 1.807) is 44.4 Å². The lowest BCUT2D eigenvalue weighted by Gasteiger charge is -2.18. The van der Waals surface area contributed by atoms with Gasteiger partial charge in [-0.2, -0.15) is 0 Å². The molecule has 20 heteroatoms. The normalized spacial score (nSPS) is 16.5. The highest BCUT2D eigenvalue weighted by Crippen LogP contribution is 2.54. The summed E-state index contributed by atoms with van der Waals surface area (Å²) in [5, 5.41) is 5.83. The number of pyridine rings is 4. The highest BCUT2D eigenvalue weighted by molar-refractivity contribution is 14.1. The molecular formula is C52H53F4IN6O8Si. The van der Waals surface area contributed by atoms with Crippen molar-refractivity contribution >= 4 is 50.8 Å². The number of aryl methyl sites for hydroxylation is 4. The zero-order valence-electron chi connectivity index (χ0n) is 41.3. The zero-order chi connectivity index (χ0) is 52.3. The molecular weight excluding hydrogens is 1070 g/mol. The average molecular weight is 1120 g/mol. The SMILES string of the molecule is COc1ccc(-c2nc(NC(=O)C3(c4ccc5c(c4)OC(F)(F)O5)CC3)cc(C)c2C)c(C)n1.C[Si](C)(C)I.Cc1cc(NC(=O)C2(c3ccc4c(c3)OC(F)(F)O4)CC2)nc(-c2ccc(=O)[nH]c2C)c1C. The summed E-state index contributed by atoms with van der Waals surface area (Å²) in [6, 6.07) is 19.3. The summed E-state index contributed by atoms with van der Waals surface area (Å²) in [7, 11) is 1.56. The molecule has 2 aromatic carbocycles. The molecule has 14 nitrogen and oxygen atoms in total. The van der Waals surface area contributed by atoms with Gasteiger partial charge in [0.15, 0.2) is 23.0 Å². The minimum absolute atomic E-state index is 0.0473. The van der Waals surface area contributed by atoms with Crippen LogP contribution in [0, 0.1) is 41.5 Å². The maximum absolute atomic E-state index is 13.4. The number of aromatic amines is 1. The monoisotopic (exact) mass is 1120 g/mol. The van der Waals surface area contributed by atoms with E-state index in [0.29, 0.717) is 65.7 Å². The van der Waals surface area contributed by atoms with E-state index >= 15 is 0 Å². The van der Waals surface area contributed by atoms with Gasteiger partial charge < -0.3 is 39.3 Å². The van der Waals surface area contributed by atoms with Crippen molar-refractivity contribution in [3.05, 3.63) is 128 Å². The van der Waals surface area contributed by atoms with Crippen LogP contribution in [0.3, 0.4) is 0 Å². The fourth-order valence-electron chi connectivity index (χ4n) is 8.37. The number of methoxy groups -OCH3 is 1. The van der Waals surface area contributed by atoms with Gasteiger partial charge in [0.25, 0.3) is 0 Å². The Morgan fingerprint density at radius 3 is 1.44 bits per heavy atom. The Bertz CT molecular complexity index is 3210. The summed E-state index contributed by atoms with van der Waals surface area (Å²) in [5.41, 5.74) is 6.90. The standard InChI is InChI=1S/C25H23F2N3O4.C24H21F2N3O4.C3H9ISi/c1-13-11-20(29-22(14(13)2)17-6-8-21(32-4)28-15(17)3)30-23(31)24(9-10-24)16-5-7-18-19(12-16)34-25(26,27)33-18;1-12-10-19(28-21(13(12)2)16-5-7-20(30)27-14(16)3)29-22(31)23(8-9-23)15-4-6-17-18(11-15)33-24(25,26)32-17;1-5(2,3)4/h5-8,11-12H,9-10H2,1-4H3,(H,29,30,31);4-7,10-11H,8-9H2,1-3H3,(H,27,30)(H,28,29,31);1-3H3. The molecule has 0 radical (unpaired) electrons. The maximum Gasteiger partial charge on any atom is 0.586 e. The second-order valence-electron chi connectivity index (χ2n) is 19.2. The molecule has 2 aliphatic heterocycles. The van der Waals surface area contributed by atoms with Gasteiger partial charge in [0.2, 0.25) is 23.3 Å². The van der Waals surface area contributed by atoms with Crippen LogP contribution in [-0.2, 0) is 20.4 Å². The molecule has 10 rings (SSSR count). The van der Waals surface area contributed by atoms with E-state index in [1.807, 2.05) is 46.8 Å². The molecule has 0 atom stereocenters. The van der Waals surface area contributed by atoms with Gasteiger partial charge in [0.1, 0.15) is 17.2 Å². The number of benzene rings is 2. The number of carbonyl (C=O) groups excluding carboxylic acids is 2. The molecule has 2 saturated carbocycles. The van der Waals surface area contributed by atoms with E-state index in [2.05, 4.69) is 86.0 Å². The van der Waals surface area contributed by atoms with Crippen molar-refractivity contribution in [1.29, 1.82) is 0 Å². The number of fused-ring (bicyclic) bond motifs is 2. The number of aromatic nitrogens is 4. The maximum atomic E-state index is 13.4. The van der Waals surface area contributed by atoms with E-state index in [4.69, 9.17) is 9.72 Å². The lowest BCUT2D eigenvalue weighted by Crippen LogP contribution is -2.28. The van der Waals surface area contributed by atoms with Gasteiger partial charge >= 0.3 is 12.6 Å². The third-order valence-electron chi connectivity index (χ3n) is 12.7. The van der Waals surface area contributed by atoms with E-state index in [9.17, 15) is 31.9 Å². The largest absolute Gasteiger partial charge is 0.586 e. The molecule has 72 heavy (non-hydrogen) atoms. The Labute approximate surface area is 426 Å². The third kappa shape index (κ3) is 11.1. The van der Waals surface area contributed by atoms with Crippen molar-refractivity contribution in [2.45, 2.75) is 110 Å². The van der Waals surface area contributed by atoms with E-state index in [-0.39, 0.29) is 40.4 Å². The summed E-state index contributed by atoms with van der Waals surface area (Å²) in [5.74, 6) is 0.520. The fourth-order valence-corrected chi connectivity index (χ4v) is 8.37. The van der Waals surface area contributed by atoms with Crippen LogP contribution in [0.4, 0.5) is 29.2 Å². The number of H-pyrrole nitrogens is 1. The first-order valence-electron chi connectivity index (χ1n) is 23.0. The quantitative estimate of drug-likeness (QED) is 0.0544. The van der Waals surface area contributed by atoms with Gasteiger partial charge in [-0.1, -0.05) is 31.8 Å². The first kappa shape index (κ1) is 51.8. The van der Waals surface area contributed by atoms with E-state index < -0.39 is 29.0 Å². The lowest BCUT2D eigenvalue weighted by molar-refractivity contribution is -0.287. The number of hydrogen-bond acceptors (Lipinski definition) is 11. The number of carbonyl (C=O) groups is 2. The first-order valence-corrected chi connectivity index (χ1v) is 29.6. The molecule has 2 aliphatic carbocycles. The molecule has 4 aliphatic rings. The number of hydrogen-bond donors (Lipinski definition) is 3. The Morgan fingerprint density at radius 2 is 1.04 bits per heavy atom. The van der Waals surface area contributed by atoms with Gasteiger partial charge in [-0.25, -0.2) is 15.0 Å². The predicted octanol–water partition coefficient (Wildman–Crippen LogP) is 11.7. The fraction of sp³-hybridized carbons (Fsp3) is 0.346. The van der Waals surface area contributed by atoms with Crippen molar-refractivity contribution in [3.63, 3.8) is 0 Å². The molecule has 0 saturated heterocycles. The van der Waals surface area contributed by atoms with Gasteiger partial charge in [-0.3, -0.25) is 14.4 Å². The lowest BCUT2D eigenvalue weighted by atomic mass is 9.94. The molecule has 378 valence electrons. The molecule has 0 spiro atoms. The third-order valence-corrected chi connectivity index (χ3v) is 12.7. The molecule has 2 fully saturated rings. The highest BCUT2D eigenvalue weighted by Gasteiger charge is 2.54. The van der Waals surface area contributed by atoms with Gasteiger partial charge in [0, 0.05) is 29.0 Å². The van der Waals surface area contributed by atoms with Gasteiger partial charge in [0.05, 0.1) is 35.0 Å². The minimum Gasteiger partial charge on any atom is -0.481 e. The molecule has 0 bridgehead atoms. The number of anilines is 2. The Kier molecular flexibility index (Phi) is 13.8. The van der Waals surface area contributed by atoms with Crippen LogP contribution in [0.15, 0.2) is 77.6 Å². The van der Waals surface area contributed by atoms with Crippen molar-refractivity contribution in [2.75, 3.05) is 17.7 Å². The topological polar surface area (TPSA) is 176 Å². The second-order valence-corrected chi connectivity index (χ2v) is 33.1. The summed E-state index contributed by atoms with van der Waals surface area (Å²) >= 11 is 2.52. The number of nitrogens with one attached hydrogen (secondary N) is 3. The second kappa shape index (κ2) is 19.1. The number of alkyl halides is 4. The van der Waals surface area contributed by atoms with Gasteiger partial charge in [-0.05, 0) is 149 Å². The van der Waals surface area contributed by atoms with Crippen LogP contribution in [0.1, 0.15) is 70.5 Å². The van der Waals surface area contributed by atoms with E-state index in [0.717, 1.165) is 44.8 Å². The van der Waals surface area contributed by atoms with E-state index in [1.165, 1.54) is 30.3 Å². The molecule has 6 aromatic rings. The number of halogens is 5. The molecule has 6 heterocycles. The van der Waals surface area contributed by atoms with Crippen molar-refractivity contribution < 1.29 is 50.8 Å². The smallest absolute Gasteiger partial charge is 0.481 e. The van der Waals surface area contributed by atoms with Crippen LogP contribution < -0.4 is 39.9 Å². The average Bonchev–Trinajstić information content (AvgIpc) is 4.21. The molecule has 4 aromatic heterocycles. The van der Waals surface area contributed by atoms with Gasteiger partial charge in [-0.15, -0.1) is 39.4 Å². The Hall–Kier alpha value is -6.55. The summed E-state index contributed by atoms with van der Waals surface area (Å²) in [6.45, 7) is 18.4. The number of rotatable bonds is 9. The Balaban J connectivity index is 0.000000176. The minimum atomic E-state index is -3.71. The summed E-state index contributed by atoms with van der Waals surface area (Å²) < 4.78 is 76.8. The Morgan fingerprint density at radius 1 is 0.625 bits per heavy atom. The molecule has 2 amide bonds. The number of nitrogens with zero attached hydrogens (tertiary/aromatic N) is 3. The first-order chi connectivity index (χ1) is 33.7. The number of amides is 2. The summed E-state index contributed by atoms with van der Waals surface area (Å²) in [4.78, 5) is 54.7. The summed E-state index contributed by atoms with van der Waals surface area (Å²) in [6.07, 6.45) is -5.08. The van der Waals surface area contributed by atoms with Crippen molar-refractivity contribution in [1.82, 2.24) is 19.9 Å². The zero-order valence-corrected chi connectivity index (χ0v) is 44.4. The predicted molar refractivity (Wildman–Crippen MR) is 274 cm³/mol. The number of ether oxygens (including phenoxy) is 5. The van der Waals surface area contributed by atoms with Crippen molar-refractivity contribution in [2.24, 2.45) is 0 Å². The van der Waals surface area contributed by atoms with Crippen LogP contribution in [0.25, 0.3) is 22.5 Å². The van der Waals surface area contributed by atoms with Crippen LogP contribution in [-0.4, -0.2) is 57.0 Å². The van der Waals surface area contributed by atoms with Crippen LogP contribution in [0.5, 0.6) is 28.9 Å². The highest BCUT2D eigenvalue weighted by atomic mass is 127. The molecule has 0 unspecified atom stereocenters. The van der Waals surface area contributed by atoms with Crippen LogP contribution in [0.2, 0.25) is 19.6 Å². The molecule has 3 N–H and O–H groups in total. The van der Waals surface area contributed by atoms with Crippen molar-refractivity contribution in [3.8, 4) is 51.4 Å². The van der Waals surface area contributed by atoms with Crippen LogP contribution >= 0.6 is 21.8 Å².